The Kier molecular flexibility index (Phi) is 8.95. The molecule has 0 unspecified atom stereocenters. The Morgan fingerprint density at radius 1 is 0.640 bits per heavy atom. The molecule has 0 fully saturated rings. The fourth-order valence-electron chi connectivity index (χ4n) is 2.93. The summed E-state index contributed by atoms with van der Waals surface area (Å²) >= 11 is 0. The maximum atomic E-state index is 6.54. The summed E-state index contributed by atoms with van der Waals surface area (Å²) in [6.45, 7) is 6.01. The van der Waals surface area contributed by atoms with Crippen LogP contribution in [0.2, 0.25) is 0 Å². The zero-order valence-electron chi connectivity index (χ0n) is 15.7. The van der Waals surface area contributed by atoms with Crippen molar-refractivity contribution in [2.75, 3.05) is 13.2 Å². The third-order valence-electron chi connectivity index (χ3n) is 4.36. The Balaban J connectivity index is 2.22. The summed E-state index contributed by atoms with van der Waals surface area (Å²) < 4.78 is 13.1. The molecule has 0 heterocycles. The van der Waals surface area contributed by atoms with E-state index in [2.05, 4.69) is 74.5 Å². The Morgan fingerprint density at radius 3 is 1.40 bits per heavy atom. The minimum Gasteiger partial charge on any atom is -0.394 e. The molecular formula is C22H32O2Si. The van der Waals surface area contributed by atoms with E-state index in [0.717, 1.165) is 51.0 Å². The molecular weight excluding hydrogens is 324 g/mol. The van der Waals surface area contributed by atoms with E-state index in [0.29, 0.717) is 0 Å². The molecule has 2 rings (SSSR count). The summed E-state index contributed by atoms with van der Waals surface area (Å²) in [6.07, 6.45) is 4.48. The lowest BCUT2D eigenvalue weighted by Gasteiger charge is -2.31. The molecule has 136 valence electrons. The van der Waals surface area contributed by atoms with Gasteiger partial charge in [-0.1, -0.05) is 87.4 Å². The Labute approximate surface area is 154 Å². The van der Waals surface area contributed by atoms with Crippen molar-refractivity contribution in [2.24, 2.45) is 0 Å². The van der Waals surface area contributed by atoms with Gasteiger partial charge in [0, 0.05) is 25.3 Å². The fourth-order valence-corrected chi connectivity index (χ4v) is 6.29. The van der Waals surface area contributed by atoms with Gasteiger partial charge in [0.1, 0.15) is 0 Å². The fraction of sp³-hybridized carbons (Fsp3) is 0.455. The van der Waals surface area contributed by atoms with Gasteiger partial charge in [-0.2, -0.15) is 0 Å². The van der Waals surface area contributed by atoms with Gasteiger partial charge >= 0.3 is 8.56 Å². The van der Waals surface area contributed by atoms with E-state index in [1.807, 2.05) is 0 Å². The average Bonchev–Trinajstić information content (AvgIpc) is 2.64. The smallest absolute Gasteiger partial charge is 0.347 e. The SMILES string of the molecule is CCCCO[Si](Cc1ccccc1)(Cc1ccccc1)OCCCC. The van der Waals surface area contributed by atoms with Crippen LogP contribution in [0, 0.1) is 0 Å². The number of benzene rings is 2. The van der Waals surface area contributed by atoms with Crippen molar-refractivity contribution in [3.05, 3.63) is 71.8 Å². The highest BCUT2D eigenvalue weighted by Gasteiger charge is 2.38. The summed E-state index contributed by atoms with van der Waals surface area (Å²) in [5.41, 5.74) is 2.64. The third-order valence-corrected chi connectivity index (χ3v) is 7.71. The summed E-state index contributed by atoms with van der Waals surface area (Å²) in [6, 6.07) is 23.2. The first-order chi connectivity index (χ1) is 12.3. The molecule has 0 spiro atoms. The molecule has 0 aliphatic carbocycles. The highest BCUT2D eigenvalue weighted by Crippen LogP contribution is 2.22. The van der Waals surface area contributed by atoms with Crippen LogP contribution < -0.4 is 0 Å². The number of hydrogen-bond acceptors (Lipinski definition) is 2. The maximum Gasteiger partial charge on any atom is 0.347 e. The molecule has 2 aromatic carbocycles. The Morgan fingerprint density at radius 2 is 1.04 bits per heavy atom. The highest BCUT2D eigenvalue weighted by molar-refractivity contribution is 6.66. The first-order valence-electron chi connectivity index (χ1n) is 9.64. The molecule has 0 amide bonds. The van der Waals surface area contributed by atoms with Crippen LogP contribution in [0.15, 0.2) is 60.7 Å². The minimum absolute atomic E-state index is 0.800. The van der Waals surface area contributed by atoms with Crippen molar-refractivity contribution >= 4 is 8.56 Å². The van der Waals surface area contributed by atoms with Crippen LogP contribution in [0.5, 0.6) is 0 Å². The molecule has 2 aromatic rings. The number of rotatable bonds is 12. The molecule has 0 saturated heterocycles. The van der Waals surface area contributed by atoms with Crippen LogP contribution in [0.1, 0.15) is 50.7 Å². The van der Waals surface area contributed by atoms with E-state index in [-0.39, 0.29) is 0 Å². The van der Waals surface area contributed by atoms with Crippen LogP contribution in [-0.4, -0.2) is 21.8 Å². The Hall–Kier alpha value is -1.42. The number of unbranched alkanes of at least 4 members (excludes halogenated alkanes) is 2. The second-order valence-electron chi connectivity index (χ2n) is 6.64. The Bertz CT molecular complexity index is 518. The first-order valence-corrected chi connectivity index (χ1v) is 11.9. The monoisotopic (exact) mass is 356 g/mol. The first kappa shape index (κ1) is 19.9. The van der Waals surface area contributed by atoms with Gasteiger partial charge < -0.3 is 8.85 Å². The lowest BCUT2D eigenvalue weighted by Crippen LogP contribution is -2.48. The van der Waals surface area contributed by atoms with Crippen LogP contribution in [-0.2, 0) is 20.9 Å². The van der Waals surface area contributed by atoms with Crippen LogP contribution >= 0.6 is 0 Å². The molecule has 0 atom stereocenters. The second-order valence-corrected chi connectivity index (χ2v) is 9.75. The van der Waals surface area contributed by atoms with Crippen LogP contribution in [0.25, 0.3) is 0 Å². The molecule has 0 radical (unpaired) electrons. The van der Waals surface area contributed by atoms with E-state index in [1.54, 1.807) is 0 Å². The third kappa shape index (κ3) is 7.15. The normalized spacial score (nSPS) is 11.6. The van der Waals surface area contributed by atoms with Gasteiger partial charge in [-0.05, 0) is 24.0 Å². The maximum absolute atomic E-state index is 6.54. The topological polar surface area (TPSA) is 18.5 Å². The highest BCUT2D eigenvalue weighted by atomic mass is 28.4. The van der Waals surface area contributed by atoms with E-state index in [1.165, 1.54) is 11.1 Å². The second kappa shape index (κ2) is 11.2. The van der Waals surface area contributed by atoms with Crippen molar-refractivity contribution in [2.45, 2.75) is 51.6 Å². The molecule has 0 bridgehead atoms. The van der Waals surface area contributed by atoms with Crippen molar-refractivity contribution in [1.29, 1.82) is 0 Å². The van der Waals surface area contributed by atoms with Gasteiger partial charge in [-0.15, -0.1) is 0 Å². The summed E-state index contributed by atoms with van der Waals surface area (Å²) in [7, 11) is -2.35. The standard InChI is InChI=1S/C22H32O2Si/c1-3-5-17-23-25(24-18-6-4-2,19-21-13-9-7-10-14-21)20-22-15-11-8-12-16-22/h7-16H,3-6,17-20H2,1-2H3. The van der Waals surface area contributed by atoms with E-state index >= 15 is 0 Å². The minimum atomic E-state index is -2.35. The van der Waals surface area contributed by atoms with Crippen LogP contribution in [0.4, 0.5) is 0 Å². The van der Waals surface area contributed by atoms with Gasteiger partial charge in [0.2, 0.25) is 0 Å². The molecule has 0 aliphatic heterocycles. The zero-order valence-corrected chi connectivity index (χ0v) is 16.7. The van der Waals surface area contributed by atoms with Crippen molar-refractivity contribution in [1.82, 2.24) is 0 Å². The van der Waals surface area contributed by atoms with Gasteiger partial charge in [-0.25, -0.2) is 0 Å². The summed E-state index contributed by atoms with van der Waals surface area (Å²) in [5.74, 6) is 0. The zero-order chi connectivity index (χ0) is 17.8. The van der Waals surface area contributed by atoms with E-state index in [9.17, 15) is 0 Å². The predicted molar refractivity (Wildman–Crippen MR) is 108 cm³/mol. The lowest BCUT2D eigenvalue weighted by molar-refractivity contribution is 0.161. The lowest BCUT2D eigenvalue weighted by atomic mass is 10.2. The van der Waals surface area contributed by atoms with Gasteiger partial charge in [0.15, 0.2) is 0 Å². The van der Waals surface area contributed by atoms with Gasteiger partial charge in [0.05, 0.1) is 0 Å². The summed E-state index contributed by atoms with van der Waals surface area (Å²) in [5, 5.41) is 0. The van der Waals surface area contributed by atoms with E-state index in [4.69, 9.17) is 8.85 Å². The van der Waals surface area contributed by atoms with Crippen molar-refractivity contribution in [3.63, 3.8) is 0 Å². The van der Waals surface area contributed by atoms with Crippen molar-refractivity contribution in [3.8, 4) is 0 Å². The molecule has 0 saturated carbocycles. The average molecular weight is 357 g/mol. The van der Waals surface area contributed by atoms with Gasteiger partial charge in [-0.3, -0.25) is 0 Å². The molecule has 0 aromatic heterocycles. The summed E-state index contributed by atoms with van der Waals surface area (Å²) in [4.78, 5) is 0. The van der Waals surface area contributed by atoms with Gasteiger partial charge in [0.25, 0.3) is 0 Å². The predicted octanol–water partition coefficient (Wildman–Crippen LogP) is 5.63. The molecule has 0 N–H and O–H groups in total. The molecule has 25 heavy (non-hydrogen) atoms. The van der Waals surface area contributed by atoms with E-state index < -0.39 is 8.56 Å². The molecule has 0 aliphatic rings. The largest absolute Gasteiger partial charge is 0.394 e. The molecule has 2 nitrogen and oxygen atoms in total. The van der Waals surface area contributed by atoms with Crippen molar-refractivity contribution < 1.29 is 8.85 Å². The molecule has 3 heteroatoms. The quantitative estimate of drug-likeness (QED) is 0.363. The number of hydrogen-bond donors (Lipinski definition) is 0. The van der Waals surface area contributed by atoms with Crippen LogP contribution in [0.3, 0.4) is 0 Å².